The maximum Gasteiger partial charge on any atom is 0.316 e. The van der Waals surface area contributed by atoms with E-state index in [4.69, 9.17) is 28.9 Å². The van der Waals surface area contributed by atoms with Gasteiger partial charge in [-0.15, -0.1) is 0 Å². The molecule has 6 rings (SSSR count). The van der Waals surface area contributed by atoms with Gasteiger partial charge >= 0.3 is 12.0 Å². The van der Waals surface area contributed by atoms with Crippen molar-refractivity contribution in [2.45, 2.75) is 91.0 Å². The Morgan fingerprint density at radius 1 is 1.05 bits per heavy atom. The van der Waals surface area contributed by atoms with Gasteiger partial charge in [0.25, 0.3) is 0 Å². The van der Waals surface area contributed by atoms with Crippen LogP contribution in [0, 0.1) is 26.2 Å². The maximum atomic E-state index is 12.1. The topological polar surface area (TPSA) is 79.8 Å². The first-order chi connectivity index (χ1) is 20.1. The van der Waals surface area contributed by atoms with Crippen molar-refractivity contribution >= 4 is 5.97 Å². The Morgan fingerprint density at radius 3 is 2.48 bits per heavy atom. The van der Waals surface area contributed by atoms with Gasteiger partial charge in [0.2, 0.25) is 0 Å². The number of carbonyl (C=O) groups excluding carboxylic acids is 1. The molecule has 2 fully saturated rings. The quantitative estimate of drug-likeness (QED) is 0.277. The summed E-state index contributed by atoms with van der Waals surface area (Å²) in [5.41, 5.74) is 11.0. The SMILES string of the molecule is COC(=O)CC1c2ccc(CCc3cccc(-c4c(C)nc(OC[C@@H]5COC(C)(C)O5)nc4C)c3C)cc2CC12CC2. The van der Waals surface area contributed by atoms with E-state index >= 15 is 0 Å². The highest BCUT2D eigenvalue weighted by Crippen LogP contribution is 2.64. The molecule has 1 unspecified atom stereocenters. The van der Waals surface area contributed by atoms with E-state index in [9.17, 15) is 4.79 Å². The molecule has 3 aromatic rings. The predicted octanol–water partition coefficient (Wildman–Crippen LogP) is 6.37. The second kappa shape index (κ2) is 11.1. The summed E-state index contributed by atoms with van der Waals surface area (Å²) < 4.78 is 22.4. The number of nitrogens with zero attached hydrogens (tertiary/aromatic N) is 2. The molecule has 2 atom stereocenters. The van der Waals surface area contributed by atoms with Gasteiger partial charge in [-0.1, -0.05) is 36.4 Å². The zero-order chi connectivity index (χ0) is 29.6. The Hall–Kier alpha value is -3.29. The molecular weight excluding hydrogens is 528 g/mol. The fourth-order valence-corrected chi connectivity index (χ4v) is 7.06. The largest absolute Gasteiger partial charge is 0.469 e. The summed E-state index contributed by atoms with van der Waals surface area (Å²) in [6, 6.07) is 13.8. The van der Waals surface area contributed by atoms with E-state index in [-0.39, 0.29) is 17.5 Å². The number of methoxy groups -OCH3 is 1. The summed E-state index contributed by atoms with van der Waals surface area (Å²) in [6.45, 7) is 10.9. The van der Waals surface area contributed by atoms with Gasteiger partial charge in [0.05, 0.1) is 31.5 Å². The first-order valence-electron chi connectivity index (χ1n) is 15.1. The third-order valence-electron chi connectivity index (χ3n) is 9.47. The van der Waals surface area contributed by atoms with Crippen LogP contribution in [0.2, 0.25) is 0 Å². The Kier molecular flexibility index (Phi) is 7.60. The van der Waals surface area contributed by atoms with Gasteiger partial charge in [0, 0.05) is 11.5 Å². The summed E-state index contributed by atoms with van der Waals surface area (Å²) in [4.78, 5) is 21.5. The van der Waals surface area contributed by atoms with Crippen molar-refractivity contribution in [2.24, 2.45) is 5.41 Å². The van der Waals surface area contributed by atoms with Gasteiger partial charge in [0.1, 0.15) is 12.7 Å². The Bertz CT molecular complexity index is 1490. The summed E-state index contributed by atoms with van der Waals surface area (Å²) in [5.74, 6) is -0.382. The van der Waals surface area contributed by atoms with E-state index in [1.165, 1.54) is 53.3 Å². The molecule has 1 aromatic heterocycles. The van der Waals surface area contributed by atoms with Crippen molar-refractivity contribution in [1.29, 1.82) is 0 Å². The highest BCUT2D eigenvalue weighted by molar-refractivity contribution is 5.73. The number of aromatic nitrogens is 2. The van der Waals surface area contributed by atoms with Crippen LogP contribution in [0.15, 0.2) is 36.4 Å². The number of hydrogen-bond acceptors (Lipinski definition) is 7. The molecule has 2 aromatic carbocycles. The summed E-state index contributed by atoms with van der Waals surface area (Å²) in [7, 11) is 1.49. The summed E-state index contributed by atoms with van der Waals surface area (Å²) >= 11 is 0. The predicted molar refractivity (Wildman–Crippen MR) is 161 cm³/mol. The average Bonchev–Trinajstić information content (AvgIpc) is 3.55. The van der Waals surface area contributed by atoms with Crippen LogP contribution in [0.1, 0.15) is 78.2 Å². The van der Waals surface area contributed by atoms with Crippen LogP contribution < -0.4 is 4.74 Å². The molecule has 2 heterocycles. The standard InChI is InChI=1S/C35H42N2O5/c1-21-25(12-10-24-11-13-29-26(16-24)18-35(14-15-35)30(29)17-31(38)39-6)8-7-9-28(21)32-22(2)36-33(37-23(32)3)40-19-27-20-41-34(4,5)42-27/h7-9,11,13,16,27,30H,10,12,14-15,17-20H2,1-6H3/t27-,30?/m1/s1. The van der Waals surface area contributed by atoms with E-state index < -0.39 is 5.79 Å². The molecule has 1 saturated carbocycles. The number of ether oxygens (including phenoxy) is 4. The van der Waals surface area contributed by atoms with Crippen LogP contribution in [0.25, 0.3) is 11.1 Å². The van der Waals surface area contributed by atoms with Crippen LogP contribution in [0.3, 0.4) is 0 Å². The lowest BCUT2D eigenvalue weighted by atomic mass is 9.86. The number of fused-ring (bicyclic) bond motifs is 1. The van der Waals surface area contributed by atoms with Gasteiger partial charge in [-0.2, -0.15) is 9.97 Å². The van der Waals surface area contributed by atoms with E-state index in [2.05, 4.69) is 43.3 Å². The normalized spacial score (nSPS) is 21.4. The molecule has 0 N–H and O–H groups in total. The first kappa shape index (κ1) is 28.8. The van der Waals surface area contributed by atoms with E-state index in [0.717, 1.165) is 36.2 Å². The second-order valence-electron chi connectivity index (χ2n) is 12.8. The van der Waals surface area contributed by atoms with E-state index in [0.29, 0.717) is 31.6 Å². The molecule has 0 amide bonds. The summed E-state index contributed by atoms with van der Waals surface area (Å²) in [5, 5.41) is 0. The highest BCUT2D eigenvalue weighted by Gasteiger charge is 2.54. The maximum absolute atomic E-state index is 12.1. The Morgan fingerprint density at radius 2 is 1.81 bits per heavy atom. The molecular formula is C35H42N2O5. The zero-order valence-electron chi connectivity index (χ0n) is 25.7. The van der Waals surface area contributed by atoms with Crippen LogP contribution in [-0.2, 0) is 38.3 Å². The van der Waals surface area contributed by atoms with Gasteiger partial charge < -0.3 is 18.9 Å². The van der Waals surface area contributed by atoms with Crippen LogP contribution >= 0.6 is 0 Å². The van der Waals surface area contributed by atoms with Gasteiger partial charge in [-0.3, -0.25) is 4.79 Å². The number of rotatable bonds is 9. The first-order valence-corrected chi connectivity index (χ1v) is 15.1. The molecule has 42 heavy (non-hydrogen) atoms. The number of aryl methyl sites for hydroxylation is 4. The van der Waals surface area contributed by atoms with Gasteiger partial charge in [0.15, 0.2) is 5.79 Å². The van der Waals surface area contributed by atoms with E-state index in [1.807, 2.05) is 27.7 Å². The number of esters is 1. The second-order valence-corrected chi connectivity index (χ2v) is 12.8. The number of hydrogen-bond donors (Lipinski definition) is 0. The minimum Gasteiger partial charge on any atom is -0.469 e. The molecule has 0 radical (unpaired) electrons. The lowest BCUT2D eigenvalue weighted by Crippen LogP contribution is -2.25. The third kappa shape index (κ3) is 5.69. The van der Waals surface area contributed by atoms with Gasteiger partial charge in [-0.05, 0) is 106 Å². The number of benzene rings is 2. The highest BCUT2D eigenvalue weighted by atomic mass is 16.7. The molecule has 7 nitrogen and oxygen atoms in total. The molecule has 7 heteroatoms. The van der Waals surface area contributed by atoms with Crippen molar-refractivity contribution in [2.75, 3.05) is 20.3 Å². The number of carbonyl (C=O) groups is 1. The smallest absolute Gasteiger partial charge is 0.316 e. The van der Waals surface area contributed by atoms with Crippen molar-refractivity contribution in [3.05, 3.63) is 75.6 Å². The van der Waals surface area contributed by atoms with Crippen LogP contribution in [-0.4, -0.2) is 48.2 Å². The molecule has 3 aliphatic rings. The summed E-state index contributed by atoms with van der Waals surface area (Å²) in [6.07, 6.45) is 5.79. The van der Waals surface area contributed by atoms with Crippen LogP contribution in [0.4, 0.5) is 0 Å². The molecule has 222 valence electrons. The fraction of sp³-hybridized carbons (Fsp3) is 0.514. The lowest BCUT2D eigenvalue weighted by Gasteiger charge is -2.18. The minimum absolute atomic E-state index is 0.102. The molecule has 2 aliphatic carbocycles. The van der Waals surface area contributed by atoms with Gasteiger partial charge in [-0.25, -0.2) is 0 Å². The van der Waals surface area contributed by atoms with E-state index in [1.54, 1.807) is 0 Å². The van der Waals surface area contributed by atoms with Crippen molar-refractivity contribution in [3.63, 3.8) is 0 Å². The van der Waals surface area contributed by atoms with Crippen molar-refractivity contribution in [3.8, 4) is 17.1 Å². The molecule has 1 spiro atoms. The lowest BCUT2D eigenvalue weighted by molar-refractivity contribution is -0.142. The van der Waals surface area contributed by atoms with Crippen molar-refractivity contribution < 1.29 is 23.7 Å². The minimum atomic E-state index is -0.581. The Balaban J connectivity index is 1.15. The molecule has 1 aliphatic heterocycles. The fourth-order valence-electron chi connectivity index (χ4n) is 7.06. The zero-order valence-corrected chi connectivity index (χ0v) is 25.7. The molecule has 0 bridgehead atoms. The average molecular weight is 571 g/mol. The van der Waals surface area contributed by atoms with Crippen LogP contribution in [0.5, 0.6) is 6.01 Å². The Labute approximate surface area is 249 Å². The third-order valence-corrected chi connectivity index (χ3v) is 9.47. The monoisotopic (exact) mass is 570 g/mol. The van der Waals surface area contributed by atoms with Crippen molar-refractivity contribution in [1.82, 2.24) is 9.97 Å². The molecule has 1 saturated heterocycles.